The average molecular weight is 199 g/mol. The van der Waals surface area contributed by atoms with Gasteiger partial charge in [-0.2, -0.15) is 0 Å². The topological polar surface area (TPSA) is 52.3 Å². The quantitative estimate of drug-likeness (QED) is 0.689. The Hall–Kier alpha value is -0.570. The standard InChI is InChI=1S/C11H21NO2/c1-7-4-8(2)6-10(5-7)14-11(13)9(3)12/h7-10H,4-6,12H2,1-3H3/t7?,8?,9-,10?/m0/s1. The van der Waals surface area contributed by atoms with E-state index < -0.39 is 6.04 Å². The molecule has 3 nitrogen and oxygen atoms in total. The summed E-state index contributed by atoms with van der Waals surface area (Å²) in [4.78, 5) is 11.3. The summed E-state index contributed by atoms with van der Waals surface area (Å²) in [6, 6.07) is -0.498. The van der Waals surface area contributed by atoms with Gasteiger partial charge in [0.25, 0.3) is 0 Å². The zero-order valence-electron chi connectivity index (χ0n) is 9.32. The molecule has 2 unspecified atom stereocenters. The van der Waals surface area contributed by atoms with E-state index in [2.05, 4.69) is 13.8 Å². The minimum atomic E-state index is -0.498. The van der Waals surface area contributed by atoms with Gasteiger partial charge in [-0.3, -0.25) is 4.79 Å². The van der Waals surface area contributed by atoms with Crippen molar-refractivity contribution in [1.29, 1.82) is 0 Å². The van der Waals surface area contributed by atoms with Gasteiger partial charge in [0.2, 0.25) is 0 Å². The van der Waals surface area contributed by atoms with Crippen LogP contribution in [0, 0.1) is 11.8 Å². The molecule has 1 aliphatic carbocycles. The van der Waals surface area contributed by atoms with Crippen LogP contribution in [0.2, 0.25) is 0 Å². The lowest BCUT2D eigenvalue weighted by atomic mass is 9.82. The summed E-state index contributed by atoms with van der Waals surface area (Å²) in [5.74, 6) is 1.05. The lowest BCUT2D eigenvalue weighted by Crippen LogP contribution is -2.35. The third-order valence-corrected chi connectivity index (χ3v) is 2.79. The predicted octanol–water partition coefficient (Wildman–Crippen LogP) is 1.70. The monoisotopic (exact) mass is 199 g/mol. The summed E-state index contributed by atoms with van der Waals surface area (Å²) in [6.45, 7) is 6.09. The SMILES string of the molecule is CC1CC(C)CC(OC(=O)[C@H](C)N)C1. The van der Waals surface area contributed by atoms with Gasteiger partial charge in [-0.1, -0.05) is 13.8 Å². The smallest absolute Gasteiger partial charge is 0.322 e. The van der Waals surface area contributed by atoms with E-state index in [9.17, 15) is 4.79 Å². The molecule has 0 aromatic heterocycles. The van der Waals surface area contributed by atoms with Gasteiger partial charge in [0.15, 0.2) is 0 Å². The Balaban J connectivity index is 2.40. The molecule has 0 heterocycles. The highest BCUT2D eigenvalue weighted by atomic mass is 16.5. The Bertz CT molecular complexity index is 193. The molecule has 0 aliphatic heterocycles. The van der Waals surface area contributed by atoms with Crippen LogP contribution in [0.15, 0.2) is 0 Å². The van der Waals surface area contributed by atoms with Crippen molar-refractivity contribution >= 4 is 5.97 Å². The second kappa shape index (κ2) is 4.78. The fourth-order valence-electron chi connectivity index (χ4n) is 2.24. The number of rotatable bonds is 2. The zero-order valence-corrected chi connectivity index (χ0v) is 9.32. The highest BCUT2D eigenvalue weighted by Gasteiger charge is 2.27. The molecule has 1 rings (SSSR count). The maximum absolute atomic E-state index is 11.3. The maximum Gasteiger partial charge on any atom is 0.322 e. The number of hydrogen-bond acceptors (Lipinski definition) is 3. The summed E-state index contributed by atoms with van der Waals surface area (Å²) >= 11 is 0. The molecule has 3 heteroatoms. The Morgan fingerprint density at radius 1 is 1.29 bits per heavy atom. The van der Waals surface area contributed by atoms with Crippen LogP contribution >= 0.6 is 0 Å². The predicted molar refractivity (Wildman–Crippen MR) is 55.7 cm³/mol. The van der Waals surface area contributed by atoms with E-state index >= 15 is 0 Å². The summed E-state index contributed by atoms with van der Waals surface area (Å²) < 4.78 is 5.33. The molecule has 0 aromatic carbocycles. The molecule has 1 aliphatic rings. The van der Waals surface area contributed by atoms with E-state index in [1.54, 1.807) is 6.92 Å². The number of hydrogen-bond donors (Lipinski definition) is 1. The fourth-order valence-corrected chi connectivity index (χ4v) is 2.24. The fraction of sp³-hybridized carbons (Fsp3) is 0.909. The molecule has 1 saturated carbocycles. The molecular weight excluding hydrogens is 178 g/mol. The van der Waals surface area contributed by atoms with Crippen molar-refractivity contribution in [2.75, 3.05) is 0 Å². The molecule has 1 fully saturated rings. The van der Waals surface area contributed by atoms with Crippen LogP contribution in [0.1, 0.15) is 40.0 Å². The van der Waals surface area contributed by atoms with Gasteiger partial charge in [-0.15, -0.1) is 0 Å². The van der Waals surface area contributed by atoms with Crippen LogP contribution < -0.4 is 5.73 Å². The molecule has 0 spiro atoms. The zero-order chi connectivity index (χ0) is 10.7. The third kappa shape index (κ3) is 3.29. The highest BCUT2D eigenvalue weighted by molar-refractivity contribution is 5.75. The summed E-state index contributed by atoms with van der Waals surface area (Å²) in [5, 5.41) is 0. The van der Waals surface area contributed by atoms with Crippen LogP contribution in [-0.4, -0.2) is 18.1 Å². The number of esters is 1. The highest BCUT2D eigenvalue weighted by Crippen LogP contribution is 2.30. The third-order valence-electron chi connectivity index (χ3n) is 2.79. The lowest BCUT2D eigenvalue weighted by Gasteiger charge is -2.31. The number of ether oxygens (including phenoxy) is 1. The van der Waals surface area contributed by atoms with Crippen LogP contribution in [0.3, 0.4) is 0 Å². The van der Waals surface area contributed by atoms with Crippen LogP contribution in [0.4, 0.5) is 0 Å². The van der Waals surface area contributed by atoms with Crippen molar-refractivity contribution in [2.45, 2.75) is 52.2 Å². The molecule has 0 bridgehead atoms. The van der Waals surface area contributed by atoms with Crippen molar-refractivity contribution in [2.24, 2.45) is 17.6 Å². The molecule has 14 heavy (non-hydrogen) atoms. The van der Waals surface area contributed by atoms with E-state index in [0.29, 0.717) is 11.8 Å². The van der Waals surface area contributed by atoms with E-state index in [4.69, 9.17) is 10.5 Å². The number of carbonyl (C=O) groups is 1. The first kappa shape index (κ1) is 11.5. The first-order valence-electron chi connectivity index (χ1n) is 5.45. The van der Waals surface area contributed by atoms with Crippen LogP contribution in [-0.2, 0) is 9.53 Å². The maximum atomic E-state index is 11.3. The van der Waals surface area contributed by atoms with Crippen molar-refractivity contribution in [1.82, 2.24) is 0 Å². The minimum Gasteiger partial charge on any atom is -0.461 e. The number of nitrogens with two attached hydrogens (primary N) is 1. The lowest BCUT2D eigenvalue weighted by molar-refractivity contribution is -0.153. The van der Waals surface area contributed by atoms with Crippen molar-refractivity contribution in [3.05, 3.63) is 0 Å². The molecule has 0 amide bonds. The largest absolute Gasteiger partial charge is 0.461 e. The van der Waals surface area contributed by atoms with Crippen molar-refractivity contribution in [3.63, 3.8) is 0 Å². The van der Waals surface area contributed by atoms with Gasteiger partial charge in [-0.25, -0.2) is 0 Å². The van der Waals surface area contributed by atoms with Crippen LogP contribution in [0.5, 0.6) is 0 Å². The van der Waals surface area contributed by atoms with Crippen LogP contribution in [0.25, 0.3) is 0 Å². The van der Waals surface area contributed by atoms with Crippen molar-refractivity contribution < 1.29 is 9.53 Å². The number of carbonyl (C=O) groups excluding carboxylic acids is 1. The molecular formula is C11H21NO2. The van der Waals surface area contributed by atoms with E-state index in [0.717, 1.165) is 12.8 Å². The van der Waals surface area contributed by atoms with E-state index in [-0.39, 0.29) is 12.1 Å². The first-order valence-corrected chi connectivity index (χ1v) is 5.45. The van der Waals surface area contributed by atoms with Gasteiger partial charge >= 0.3 is 5.97 Å². The van der Waals surface area contributed by atoms with E-state index in [1.165, 1.54) is 6.42 Å². The molecule has 0 aromatic rings. The Morgan fingerprint density at radius 3 is 2.21 bits per heavy atom. The normalized spacial score (nSPS) is 35.0. The van der Waals surface area contributed by atoms with E-state index in [1.807, 2.05) is 0 Å². The molecule has 2 N–H and O–H groups in total. The van der Waals surface area contributed by atoms with Gasteiger partial charge in [0, 0.05) is 0 Å². The second-order valence-electron chi connectivity index (χ2n) is 4.77. The summed E-state index contributed by atoms with van der Waals surface area (Å²) in [6.07, 6.45) is 3.31. The van der Waals surface area contributed by atoms with Gasteiger partial charge in [0.05, 0.1) is 0 Å². The van der Waals surface area contributed by atoms with Gasteiger partial charge in [0.1, 0.15) is 12.1 Å². The Morgan fingerprint density at radius 2 is 1.79 bits per heavy atom. The molecule has 0 saturated heterocycles. The van der Waals surface area contributed by atoms with Crippen molar-refractivity contribution in [3.8, 4) is 0 Å². The Kier molecular flexibility index (Phi) is 3.93. The van der Waals surface area contributed by atoms with Gasteiger partial charge in [-0.05, 0) is 38.0 Å². The first-order chi connectivity index (χ1) is 6.49. The molecule has 3 atom stereocenters. The minimum absolute atomic E-state index is 0.0900. The second-order valence-corrected chi connectivity index (χ2v) is 4.77. The van der Waals surface area contributed by atoms with Gasteiger partial charge < -0.3 is 10.5 Å². The molecule has 0 radical (unpaired) electrons. The Labute approximate surface area is 86.0 Å². The summed E-state index contributed by atoms with van der Waals surface area (Å²) in [5.41, 5.74) is 5.45. The summed E-state index contributed by atoms with van der Waals surface area (Å²) in [7, 11) is 0. The molecule has 82 valence electrons. The average Bonchev–Trinajstić information content (AvgIpc) is 2.01.